The summed E-state index contributed by atoms with van der Waals surface area (Å²) in [5, 5.41) is 15.8. The number of carbonyl (C=O) groups excluding carboxylic acids is 2. The Morgan fingerprint density at radius 3 is 2.50 bits per heavy atom. The van der Waals surface area contributed by atoms with E-state index in [2.05, 4.69) is 10.6 Å². The number of nitro groups is 1. The zero-order valence-electron chi connectivity index (χ0n) is 12.7. The highest BCUT2D eigenvalue weighted by atomic mass is 19.1. The highest BCUT2D eigenvalue weighted by Gasteiger charge is 2.16. The Kier molecular flexibility index (Phi) is 5.20. The van der Waals surface area contributed by atoms with Gasteiger partial charge in [-0.15, -0.1) is 0 Å². The van der Waals surface area contributed by atoms with Crippen molar-refractivity contribution in [2.75, 3.05) is 10.6 Å². The molecule has 0 spiro atoms. The van der Waals surface area contributed by atoms with Crippen LogP contribution >= 0.6 is 0 Å². The van der Waals surface area contributed by atoms with Crippen LogP contribution in [0.15, 0.2) is 42.5 Å². The SMILES string of the molecule is CCC(=O)Nc1cccc(C(=O)Nc2ccc(F)c([N+](=O)[O-])c2)c1. The van der Waals surface area contributed by atoms with Crippen molar-refractivity contribution in [1.82, 2.24) is 0 Å². The Morgan fingerprint density at radius 2 is 1.83 bits per heavy atom. The van der Waals surface area contributed by atoms with Crippen molar-refractivity contribution in [2.24, 2.45) is 0 Å². The second-order valence-electron chi connectivity index (χ2n) is 4.86. The summed E-state index contributed by atoms with van der Waals surface area (Å²) < 4.78 is 13.3. The van der Waals surface area contributed by atoms with Crippen LogP contribution in [0.5, 0.6) is 0 Å². The summed E-state index contributed by atoms with van der Waals surface area (Å²) in [6, 6.07) is 9.29. The molecule has 0 saturated heterocycles. The maximum atomic E-state index is 13.3. The van der Waals surface area contributed by atoms with Crippen LogP contribution in [0, 0.1) is 15.9 Å². The average molecular weight is 331 g/mol. The number of nitro benzene ring substituents is 1. The van der Waals surface area contributed by atoms with E-state index in [1.807, 2.05) is 0 Å². The molecule has 8 heteroatoms. The molecule has 2 aromatic rings. The van der Waals surface area contributed by atoms with E-state index < -0.39 is 22.3 Å². The molecule has 2 amide bonds. The predicted octanol–water partition coefficient (Wildman–Crippen LogP) is 3.33. The van der Waals surface area contributed by atoms with Gasteiger partial charge in [0.2, 0.25) is 11.7 Å². The second kappa shape index (κ2) is 7.32. The van der Waals surface area contributed by atoms with E-state index in [-0.39, 0.29) is 17.2 Å². The van der Waals surface area contributed by atoms with E-state index in [1.54, 1.807) is 19.1 Å². The van der Waals surface area contributed by atoms with Gasteiger partial charge >= 0.3 is 5.69 Å². The average Bonchev–Trinajstić information content (AvgIpc) is 2.56. The number of amides is 2. The number of nitrogens with one attached hydrogen (secondary N) is 2. The third-order valence-electron chi connectivity index (χ3n) is 3.13. The monoisotopic (exact) mass is 331 g/mol. The van der Waals surface area contributed by atoms with E-state index in [4.69, 9.17) is 0 Å². The Morgan fingerprint density at radius 1 is 1.12 bits per heavy atom. The summed E-state index contributed by atoms with van der Waals surface area (Å²) in [6.07, 6.45) is 0.301. The molecule has 0 saturated carbocycles. The second-order valence-corrected chi connectivity index (χ2v) is 4.86. The molecule has 7 nitrogen and oxygen atoms in total. The fourth-order valence-corrected chi connectivity index (χ4v) is 1.92. The highest BCUT2D eigenvalue weighted by Crippen LogP contribution is 2.22. The van der Waals surface area contributed by atoms with Crippen molar-refractivity contribution >= 4 is 28.9 Å². The van der Waals surface area contributed by atoms with Gasteiger partial charge in [-0.2, -0.15) is 4.39 Å². The lowest BCUT2D eigenvalue weighted by atomic mass is 10.1. The van der Waals surface area contributed by atoms with Crippen molar-refractivity contribution in [3.63, 3.8) is 0 Å². The highest BCUT2D eigenvalue weighted by molar-refractivity contribution is 6.05. The largest absolute Gasteiger partial charge is 0.326 e. The van der Waals surface area contributed by atoms with Crippen molar-refractivity contribution in [1.29, 1.82) is 0 Å². The number of hydrogen-bond acceptors (Lipinski definition) is 4. The molecule has 0 bridgehead atoms. The first-order valence-corrected chi connectivity index (χ1v) is 7.06. The minimum absolute atomic E-state index is 0.0936. The molecule has 0 aromatic heterocycles. The lowest BCUT2D eigenvalue weighted by Crippen LogP contribution is -2.14. The molecular formula is C16H14FN3O4. The van der Waals surface area contributed by atoms with Gasteiger partial charge in [0.15, 0.2) is 0 Å². The molecule has 0 fully saturated rings. The number of nitrogens with zero attached hydrogens (tertiary/aromatic N) is 1. The fraction of sp³-hybridized carbons (Fsp3) is 0.125. The number of halogens is 1. The van der Waals surface area contributed by atoms with Crippen molar-refractivity contribution in [3.8, 4) is 0 Å². The Bertz CT molecular complexity index is 808. The lowest BCUT2D eigenvalue weighted by molar-refractivity contribution is -0.387. The first kappa shape index (κ1) is 17.1. The van der Waals surface area contributed by atoms with Gasteiger partial charge in [0.1, 0.15) is 0 Å². The van der Waals surface area contributed by atoms with E-state index >= 15 is 0 Å². The standard InChI is InChI=1S/C16H14FN3O4/c1-2-15(21)18-11-5-3-4-10(8-11)16(22)19-12-6-7-13(17)14(9-12)20(23)24/h3-9H,2H2,1H3,(H,18,21)(H,19,22). The van der Waals surface area contributed by atoms with Crippen LogP contribution in [0.2, 0.25) is 0 Å². The maximum absolute atomic E-state index is 13.3. The summed E-state index contributed by atoms with van der Waals surface area (Å²) in [5.41, 5.74) is 0.0725. The maximum Gasteiger partial charge on any atom is 0.306 e. The normalized spacial score (nSPS) is 10.1. The summed E-state index contributed by atoms with van der Waals surface area (Å²) in [4.78, 5) is 33.4. The molecule has 2 aromatic carbocycles. The number of benzene rings is 2. The molecule has 0 heterocycles. The van der Waals surface area contributed by atoms with Gasteiger partial charge < -0.3 is 10.6 Å². The fourth-order valence-electron chi connectivity index (χ4n) is 1.92. The van der Waals surface area contributed by atoms with Crippen molar-refractivity contribution in [3.05, 3.63) is 64.0 Å². The topological polar surface area (TPSA) is 101 Å². The molecule has 0 atom stereocenters. The van der Waals surface area contributed by atoms with E-state index in [0.717, 1.165) is 12.1 Å². The molecule has 24 heavy (non-hydrogen) atoms. The van der Waals surface area contributed by atoms with Crippen LogP contribution in [0.3, 0.4) is 0 Å². The molecule has 2 rings (SSSR count). The third-order valence-corrected chi connectivity index (χ3v) is 3.13. The number of anilines is 2. The quantitative estimate of drug-likeness (QED) is 0.648. The predicted molar refractivity (Wildman–Crippen MR) is 86.4 cm³/mol. The minimum Gasteiger partial charge on any atom is -0.326 e. The van der Waals surface area contributed by atoms with Gasteiger partial charge in [0.25, 0.3) is 5.91 Å². The smallest absolute Gasteiger partial charge is 0.306 e. The summed E-state index contributed by atoms with van der Waals surface area (Å²) in [5.74, 6) is -1.72. The summed E-state index contributed by atoms with van der Waals surface area (Å²) >= 11 is 0. The van der Waals surface area contributed by atoms with Crippen LogP contribution in [0.1, 0.15) is 23.7 Å². The van der Waals surface area contributed by atoms with Crippen LogP contribution in [0.25, 0.3) is 0 Å². The van der Waals surface area contributed by atoms with Gasteiger partial charge in [-0.25, -0.2) is 0 Å². The number of carbonyl (C=O) groups is 2. The van der Waals surface area contributed by atoms with Gasteiger partial charge in [0, 0.05) is 29.4 Å². The van der Waals surface area contributed by atoms with Gasteiger partial charge in [-0.1, -0.05) is 13.0 Å². The molecule has 0 radical (unpaired) electrons. The van der Waals surface area contributed by atoms with E-state index in [9.17, 15) is 24.1 Å². The Labute approximate surface area is 136 Å². The Balaban J connectivity index is 2.18. The van der Waals surface area contributed by atoms with Gasteiger partial charge in [-0.3, -0.25) is 19.7 Å². The third kappa shape index (κ3) is 4.13. The van der Waals surface area contributed by atoms with E-state index in [0.29, 0.717) is 12.1 Å². The first-order chi connectivity index (χ1) is 11.4. The minimum atomic E-state index is -0.984. The number of rotatable bonds is 5. The van der Waals surface area contributed by atoms with Gasteiger partial charge in [-0.05, 0) is 30.3 Å². The zero-order valence-corrected chi connectivity index (χ0v) is 12.7. The molecule has 0 aliphatic heterocycles. The van der Waals surface area contributed by atoms with Crippen LogP contribution in [-0.2, 0) is 4.79 Å². The summed E-state index contributed by atoms with van der Waals surface area (Å²) in [7, 11) is 0. The van der Waals surface area contributed by atoms with Crippen molar-refractivity contribution < 1.29 is 18.9 Å². The molecular weight excluding hydrogens is 317 g/mol. The van der Waals surface area contributed by atoms with Crippen LogP contribution < -0.4 is 10.6 Å². The summed E-state index contributed by atoms with van der Waals surface area (Å²) in [6.45, 7) is 1.70. The molecule has 0 aliphatic rings. The lowest BCUT2D eigenvalue weighted by Gasteiger charge is -2.08. The molecule has 124 valence electrons. The Hall–Kier alpha value is -3.29. The zero-order chi connectivity index (χ0) is 17.7. The van der Waals surface area contributed by atoms with E-state index in [1.165, 1.54) is 18.2 Å². The molecule has 0 aliphatic carbocycles. The van der Waals surface area contributed by atoms with Crippen molar-refractivity contribution in [2.45, 2.75) is 13.3 Å². The molecule has 0 unspecified atom stereocenters. The van der Waals surface area contributed by atoms with Gasteiger partial charge in [0.05, 0.1) is 4.92 Å². The molecule has 2 N–H and O–H groups in total. The first-order valence-electron chi connectivity index (χ1n) is 7.06. The van der Waals surface area contributed by atoms with Crippen LogP contribution in [0.4, 0.5) is 21.5 Å². The van der Waals surface area contributed by atoms with Crippen LogP contribution in [-0.4, -0.2) is 16.7 Å². The number of hydrogen-bond donors (Lipinski definition) is 2.